The average molecular weight is 401 g/mol. The second kappa shape index (κ2) is 6.50. The van der Waals surface area contributed by atoms with Crippen molar-refractivity contribution in [2.75, 3.05) is 7.05 Å². The molecule has 1 amide bonds. The van der Waals surface area contributed by atoms with Gasteiger partial charge in [0.1, 0.15) is 5.82 Å². The monoisotopic (exact) mass is 399 g/mol. The Balaban J connectivity index is 2.19. The van der Waals surface area contributed by atoms with Gasteiger partial charge in [-0.2, -0.15) is 0 Å². The summed E-state index contributed by atoms with van der Waals surface area (Å²) in [5.74, 6) is -0.664. The van der Waals surface area contributed by atoms with E-state index < -0.39 is 5.82 Å². The minimum absolute atomic E-state index is 0.200. The van der Waals surface area contributed by atoms with Gasteiger partial charge in [0.2, 0.25) is 0 Å². The molecule has 2 aromatic carbocycles. The number of carbonyl (C=O) groups excluding carboxylic acids is 1. The third-order valence-corrected chi connectivity index (χ3v) is 4.14. The van der Waals surface area contributed by atoms with Crippen LogP contribution in [0.1, 0.15) is 15.9 Å². The zero-order chi connectivity index (χ0) is 14.7. The first kappa shape index (κ1) is 15.2. The van der Waals surface area contributed by atoms with Crippen molar-refractivity contribution in [1.29, 1.82) is 0 Å². The van der Waals surface area contributed by atoms with E-state index in [1.165, 1.54) is 12.1 Å². The van der Waals surface area contributed by atoms with E-state index in [0.29, 0.717) is 12.1 Å². The van der Waals surface area contributed by atoms with Gasteiger partial charge in [-0.15, -0.1) is 0 Å². The molecule has 0 saturated heterocycles. The molecule has 0 heterocycles. The van der Waals surface area contributed by atoms with Crippen molar-refractivity contribution >= 4 is 37.8 Å². The van der Waals surface area contributed by atoms with Crippen molar-refractivity contribution in [1.82, 2.24) is 4.90 Å². The summed E-state index contributed by atoms with van der Waals surface area (Å²) in [6, 6.07) is 12.2. The van der Waals surface area contributed by atoms with E-state index in [4.69, 9.17) is 0 Å². The Morgan fingerprint density at radius 2 is 1.90 bits per heavy atom. The number of rotatable bonds is 3. The first-order valence-electron chi connectivity index (χ1n) is 5.93. The molecule has 0 atom stereocenters. The normalized spacial score (nSPS) is 10.4. The van der Waals surface area contributed by atoms with Crippen molar-refractivity contribution in [3.8, 4) is 0 Å². The molecule has 0 fully saturated rings. The molecule has 0 bridgehead atoms. The lowest BCUT2D eigenvalue weighted by atomic mass is 10.1. The molecule has 2 aromatic rings. The highest BCUT2D eigenvalue weighted by atomic mass is 79.9. The Labute approximate surface area is 133 Å². The summed E-state index contributed by atoms with van der Waals surface area (Å²) >= 11 is 6.51. The number of nitrogens with zero attached hydrogens (tertiary/aromatic N) is 1. The fourth-order valence-corrected chi connectivity index (χ4v) is 2.74. The summed E-state index contributed by atoms with van der Waals surface area (Å²) in [5, 5.41) is 0. The van der Waals surface area contributed by atoms with E-state index in [-0.39, 0.29) is 10.4 Å². The largest absolute Gasteiger partial charge is 0.337 e. The van der Waals surface area contributed by atoms with Gasteiger partial charge in [-0.1, -0.05) is 34.1 Å². The lowest BCUT2D eigenvalue weighted by Gasteiger charge is -2.18. The predicted octanol–water partition coefficient (Wildman–Crippen LogP) is 4.62. The van der Waals surface area contributed by atoms with Gasteiger partial charge in [-0.05, 0) is 45.8 Å². The number of amides is 1. The van der Waals surface area contributed by atoms with Gasteiger partial charge in [-0.3, -0.25) is 4.79 Å². The number of carbonyl (C=O) groups is 1. The third-order valence-electron chi connectivity index (χ3n) is 2.84. The Kier molecular flexibility index (Phi) is 4.94. The number of hydrogen-bond acceptors (Lipinski definition) is 1. The highest BCUT2D eigenvalue weighted by Crippen LogP contribution is 2.22. The molecule has 0 aromatic heterocycles. The van der Waals surface area contributed by atoms with E-state index in [1.807, 2.05) is 24.3 Å². The van der Waals surface area contributed by atoms with Crippen LogP contribution in [0.5, 0.6) is 0 Å². The van der Waals surface area contributed by atoms with E-state index in [0.717, 1.165) is 10.0 Å². The van der Waals surface area contributed by atoms with Gasteiger partial charge < -0.3 is 4.90 Å². The van der Waals surface area contributed by atoms with Gasteiger partial charge >= 0.3 is 0 Å². The summed E-state index contributed by atoms with van der Waals surface area (Å²) in [6.45, 7) is 0.460. The Morgan fingerprint density at radius 3 is 2.60 bits per heavy atom. The summed E-state index contributed by atoms with van der Waals surface area (Å²) in [5.41, 5.74) is 1.32. The molecule has 2 nitrogen and oxygen atoms in total. The molecule has 5 heteroatoms. The van der Waals surface area contributed by atoms with Crippen LogP contribution in [0.2, 0.25) is 0 Å². The van der Waals surface area contributed by atoms with Crippen molar-refractivity contribution in [3.63, 3.8) is 0 Å². The topological polar surface area (TPSA) is 20.3 Å². The van der Waals surface area contributed by atoms with Gasteiger partial charge in [0, 0.05) is 18.1 Å². The lowest BCUT2D eigenvalue weighted by Crippen LogP contribution is -2.26. The standard InChI is InChI=1S/C15H12Br2FNO/c1-19(9-10-4-2-5-11(16)8-10)15(20)12-6-3-7-13(18)14(12)17/h2-8H,9H2,1H3. The van der Waals surface area contributed by atoms with Crippen LogP contribution in [-0.4, -0.2) is 17.9 Å². The number of halogens is 3. The Morgan fingerprint density at radius 1 is 1.20 bits per heavy atom. The highest BCUT2D eigenvalue weighted by Gasteiger charge is 2.17. The molecule has 2 rings (SSSR count). The van der Waals surface area contributed by atoms with E-state index in [9.17, 15) is 9.18 Å². The predicted molar refractivity (Wildman–Crippen MR) is 84.0 cm³/mol. The molecule has 0 saturated carbocycles. The first-order chi connectivity index (χ1) is 9.49. The second-order valence-corrected chi connectivity index (χ2v) is 6.10. The zero-order valence-corrected chi connectivity index (χ0v) is 13.9. The number of hydrogen-bond donors (Lipinski definition) is 0. The molecule has 0 N–H and O–H groups in total. The van der Waals surface area contributed by atoms with Crippen molar-refractivity contribution in [2.24, 2.45) is 0 Å². The molecule has 0 aliphatic rings. The maximum Gasteiger partial charge on any atom is 0.255 e. The third kappa shape index (κ3) is 3.46. The van der Waals surface area contributed by atoms with Crippen LogP contribution < -0.4 is 0 Å². The van der Waals surface area contributed by atoms with Gasteiger partial charge in [0.25, 0.3) is 5.91 Å². The van der Waals surface area contributed by atoms with Crippen LogP contribution in [0.3, 0.4) is 0 Å². The van der Waals surface area contributed by atoms with Crippen molar-refractivity contribution < 1.29 is 9.18 Å². The van der Waals surface area contributed by atoms with Gasteiger partial charge in [-0.25, -0.2) is 4.39 Å². The van der Waals surface area contributed by atoms with Crippen LogP contribution in [0, 0.1) is 5.82 Å². The molecular formula is C15H12Br2FNO. The smallest absolute Gasteiger partial charge is 0.255 e. The summed E-state index contributed by atoms with van der Waals surface area (Å²) in [6.07, 6.45) is 0. The molecule has 0 spiro atoms. The highest BCUT2D eigenvalue weighted by molar-refractivity contribution is 9.10. The van der Waals surface area contributed by atoms with Crippen LogP contribution in [0.4, 0.5) is 4.39 Å². The Hall–Kier alpha value is -1.20. The van der Waals surface area contributed by atoms with Crippen LogP contribution >= 0.6 is 31.9 Å². The Bertz CT molecular complexity index is 646. The molecular weight excluding hydrogens is 389 g/mol. The molecule has 0 aliphatic heterocycles. The minimum atomic E-state index is -0.438. The lowest BCUT2D eigenvalue weighted by molar-refractivity contribution is 0.0783. The maximum absolute atomic E-state index is 13.5. The van der Waals surface area contributed by atoms with Crippen LogP contribution in [-0.2, 0) is 6.54 Å². The van der Waals surface area contributed by atoms with Crippen molar-refractivity contribution in [3.05, 3.63) is 68.4 Å². The quantitative estimate of drug-likeness (QED) is 0.735. The van der Waals surface area contributed by atoms with E-state index in [2.05, 4.69) is 31.9 Å². The fraction of sp³-hybridized carbons (Fsp3) is 0.133. The maximum atomic E-state index is 13.5. The summed E-state index contributed by atoms with van der Waals surface area (Å²) in [7, 11) is 1.70. The average Bonchev–Trinajstić information content (AvgIpc) is 2.41. The van der Waals surface area contributed by atoms with Gasteiger partial charge in [0.05, 0.1) is 10.0 Å². The SMILES string of the molecule is CN(Cc1cccc(Br)c1)C(=O)c1cccc(F)c1Br. The fourth-order valence-electron chi connectivity index (χ4n) is 1.86. The van der Waals surface area contributed by atoms with E-state index in [1.54, 1.807) is 18.0 Å². The summed E-state index contributed by atoms with van der Waals surface area (Å²) < 4.78 is 14.6. The molecule has 0 aliphatic carbocycles. The molecule has 20 heavy (non-hydrogen) atoms. The summed E-state index contributed by atoms with van der Waals surface area (Å²) in [4.78, 5) is 13.9. The van der Waals surface area contributed by atoms with Crippen molar-refractivity contribution in [2.45, 2.75) is 6.54 Å². The molecule has 0 unspecified atom stereocenters. The minimum Gasteiger partial charge on any atom is -0.337 e. The van der Waals surface area contributed by atoms with E-state index >= 15 is 0 Å². The zero-order valence-electron chi connectivity index (χ0n) is 10.7. The molecule has 104 valence electrons. The second-order valence-electron chi connectivity index (χ2n) is 4.39. The van der Waals surface area contributed by atoms with Gasteiger partial charge in [0.15, 0.2) is 0 Å². The van der Waals surface area contributed by atoms with Crippen LogP contribution in [0.25, 0.3) is 0 Å². The molecule has 0 radical (unpaired) electrons. The van der Waals surface area contributed by atoms with Crippen LogP contribution in [0.15, 0.2) is 51.4 Å². The first-order valence-corrected chi connectivity index (χ1v) is 7.51. The number of benzene rings is 2.